The molecule has 0 radical (unpaired) electrons. The molecular formula is C36H73NO2. The number of unbranched alkanes of at least 4 members (excludes halogenated alkanes) is 20. The highest BCUT2D eigenvalue weighted by molar-refractivity contribution is 5.69. The molecular weight excluding hydrogens is 478 g/mol. The Morgan fingerprint density at radius 2 is 0.897 bits per heavy atom. The minimum atomic E-state index is 0.00427. The van der Waals surface area contributed by atoms with Gasteiger partial charge in [0.15, 0.2) is 0 Å². The van der Waals surface area contributed by atoms with E-state index in [1.54, 1.807) is 0 Å². The van der Waals surface area contributed by atoms with E-state index in [1.165, 1.54) is 154 Å². The Kier molecular flexibility index (Phi) is 31.5. The monoisotopic (exact) mass is 552 g/mol. The molecule has 0 aliphatic heterocycles. The molecule has 0 aromatic heterocycles. The summed E-state index contributed by atoms with van der Waals surface area (Å²) in [6, 6.07) is 0. The molecule has 0 atom stereocenters. The number of hydrogen-bond donors (Lipinski definition) is 0. The third-order valence-electron chi connectivity index (χ3n) is 8.44. The average Bonchev–Trinajstić information content (AvgIpc) is 2.92. The van der Waals surface area contributed by atoms with Crippen molar-refractivity contribution in [1.82, 2.24) is 4.90 Å². The van der Waals surface area contributed by atoms with E-state index < -0.39 is 0 Å². The summed E-state index contributed by atoms with van der Waals surface area (Å²) in [5.41, 5.74) is 0. The molecule has 0 unspecified atom stereocenters. The number of ether oxygens (including phenoxy) is 1. The first-order chi connectivity index (χ1) is 19.1. The SMILES string of the molecule is CCCCCCCCCCC(CCCCCCCCCC)CCCCCCCCC(=O)OCCCCN(C)C. The molecule has 0 heterocycles. The summed E-state index contributed by atoms with van der Waals surface area (Å²) in [6.07, 6.45) is 37.6. The number of carbonyl (C=O) groups excluding carboxylic acids is 1. The second-order valence-electron chi connectivity index (χ2n) is 12.8. The molecule has 0 aromatic carbocycles. The Morgan fingerprint density at radius 1 is 0.513 bits per heavy atom. The molecule has 0 fully saturated rings. The molecule has 0 amide bonds. The van der Waals surface area contributed by atoms with Gasteiger partial charge in [0.1, 0.15) is 0 Å². The molecule has 0 spiro atoms. The summed E-state index contributed by atoms with van der Waals surface area (Å²) >= 11 is 0. The summed E-state index contributed by atoms with van der Waals surface area (Å²) < 4.78 is 5.38. The zero-order valence-electron chi connectivity index (χ0n) is 27.6. The third kappa shape index (κ3) is 31.8. The number of carbonyl (C=O) groups is 1. The molecule has 0 aliphatic rings. The Labute approximate surface area is 247 Å². The van der Waals surface area contributed by atoms with Crippen molar-refractivity contribution in [2.75, 3.05) is 27.2 Å². The van der Waals surface area contributed by atoms with Crippen molar-refractivity contribution < 1.29 is 9.53 Å². The molecule has 3 nitrogen and oxygen atoms in total. The van der Waals surface area contributed by atoms with Crippen LogP contribution < -0.4 is 0 Å². The third-order valence-corrected chi connectivity index (χ3v) is 8.44. The van der Waals surface area contributed by atoms with Crippen LogP contribution in [0.3, 0.4) is 0 Å². The largest absolute Gasteiger partial charge is 0.466 e. The van der Waals surface area contributed by atoms with Crippen molar-refractivity contribution in [2.24, 2.45) is 5.92 Å². The number of nitrogens with zero attached hydrogens (tertiary/aromatic N) is 1. The van der Waals surface area contributed by atoms with E-state index in [9.17, 15) is 4.79 Å². The van der Waals surface area contributed by atoms with Gasteiger partial charge in [0.25, 0.3) is 0 Å². The van der Waals surface area contributed by atoms with Crippen LogP contribution in [0.4, 0.5) is 0 Å². The normalized spacial score (nSPS) is 11.6. The molecule has 0 aromatic rings. The molecule has 0 saturated carbocycles. The molecule has 0 N–H and O–H groups in total. The Morgan fingerprint density at radius 3 is 1.31 bits per heavy atom. The molecule has 0 saturated heterocycles. The lowest BCUT2D eigenvalue weighted by molar-refractivity contribution is -0.143. The van der Waals surface area contributed by atoms with Gasteiger partial charge in [-0.25, -0.2) is 0 Å². The van der Waals surface area contributed by atoms with E-state index in [2.05, 4.69) is 32.8 Å². The van der Waals surface area contributed by atoms with E-state index in [0.717, 1.165) is 31.7 Å². The van der Waals surface area contributed by atoms with Crippen molar-refractivity contribution >= 4 is 5.97 Å². The molecule has 3 heteroatoms. The van der Waals surface area contributed by atoms with Crippen molar-refractivity contribution in [3.05, 3.63) is 0 Å². The fraction of sp³-hybridized carbons (Fsp3) is 0.972. The van der Waals surface area contributed by atoms with Crippen LogP contribution >= 0.6 is 0 Å². The maximum absolute atomic E-state index is 11.9. The van der Waals surface area contributed by atoms with Gasteiger partial charge in [0, 0.05) is 6.42 Å². The van der Waals surface area contributed by atoms with Crippen LogP contribution in [0.25, 0.3) is 0 Å². The van der Waals surface area contributed by atoms with Crippen LogP contribution in [0.15, 0.2) is 0 Å². The second-order valence-corrected chi connectivity index (χ2v) is 12.8. The smallest absolute Gasteiger partial charge is 0.305 e. The van der Waals surface area contributed by atoms with E-state index >= 15 is 0 Å². The predicted molar refractivity (Wildman–Crippen MR) is 174 cm³/mol. The summed E-state index contributed by atoms with van der Waals surface area (Å²) in [5, 5.41) is 0. The summed E-state index contributed by atoms with van der Waals surface area (Å²) in [5.74, 6) is 0.974. The maximum atomic E-state index is 11.9. The first kappa shape index (κ1) is 38.4. The van der Waals surface area contributed by atoms with Crippen LogP contribution in [0, 0.1) is 5.92 Å². The van der Waals surface area contributed by atoms with E-state index in [4.69, 9.17) is 4.74 Å². The van der Waals surface area contributed by atoms with Gasteiger partial charge in [0.2, 0.25) is 0 Å². The highest BCUT2D eigenvalue weighted by Crippen LogP contribution is 2.25. The fourth-order valence-electron chi connectivity index (χ4n) is 5.76. The van der Waals surface area contributed by atoms with Crippen molar-refractivity contribution in [1.29, 1.82) is 0 Å². The van der Waals surface area contributed by atoms with Gasteiger partial charge in [-0.1, -0.05) is 168 Å². The van der Waals surface area contributed by atoms with Crippen LogP contribution in [0.2, 0.25) is 0 Å². The summed E-state index contributed by atoms with van der Waals surface area (Å²) in [4.78, 5) is 14.1. The quantitative estimate of drug-likeness (QED) is 0.0615. The topological polar surface area (TPSA) is 29.5 Å². The lowest BCUT2D eigenvalue weighted by atomic mass is 9.89. The van der Waals surface area contributed by atoms with Crippen LogP contribution in [-0.4, -0.2) is 38.1 Å². The zero-order valence-corrected chi connectivity index (χ0v) is 27.6. The first-order valence-electron chi connectivity index (χ1n) is 17.9. The highest BCUT2D eigenvalue weighted by Gasteiger charge is 2.09. The minimum absolute atomic E-state index is 0.00427. The molecule has 234 valence electrons. The Hall–Kier alpha value is -0.570. The van der Waals surface area contributed by atoms with Crippen molar-refractivity contribution in [3.63, 3.8) is 0 Å². The van der Waals surface area contributed by atoms with Gasteiger partial charge in [-0.15, -0.1) is 0 Å². The van der Waals surface area contributed by atoms with Crippen LogP contribution in [0.5, 0.6) is 0 Å². The predicted octanol–water partition coefficient (Wildman–Crippen LogP) is 11.7. The van der Waals surface area contributed by atoms with E-state index in [1.807, 2.05) is 0 Å². The lowest BCUT2D eigenvalue weighted by Gasteiger charge is -2.17. The fourth-order valence-corrected chi connectivity index (χ4v) is 5.76. The average molecular weight is 552 g/mol. The number of esters is 1. The number of rotatable bonds is 32. The standard InChI is InChI=1S/C36H73NO2/c1-5-7-9-11-13-15-19-23-29-35(30-24-20-16-14-12-10-8-6-2)31-25-21-17-18-22-26-32-36(38)39-34-28-27-33-37(3)4/h35H,5-34H2,1-4H3. The van der Waals surface area contributed by atoms with Gasteiger partial charge in [-0.3, -0.25) is 4.79 Å². The summed E-state index contributed by atoms with van der Waals surface area (Å²) in [7, 11) is 4.17. The minimum Gasteiger partial charge on any atom is -0.466 e. The van der Waals surface area contributed by atoms with Crippen LogP contribution in [-0.2, 0) is 9.53 Å². The van der Waals surface area contributed by atoms with Crippen molar-refractivity contribution in [3.8, 4) is 0 Å². The zero-order chi connectivity index (χ0) is 28.7. The molecule has 0 bridgehead atoms. The molecule has 0 rings (SSSR count). The molecule has 0 aliphatic carbocycles. The van der Waals surface area contributed by atoms with Crippen molar-refractivity contribution in [2.45, 2.75) is 194 Å². The summed E-state index contributed by atoms with van der Waals surface area (Å²) in [6.45, 7) is 6.27. The van der Waals surface area contributed by atoms with Gasteiger partial charge in [0.05, 0.1) is 6.61 Å². The van der Waals surface area contributed by atoms with Gasteiger partial charge >= 0.3 is 5.97 Å². The van der Waals surface area contributed by atoms with Gasteiger partial charge in [-0.2, -0.15) is 0 Å². The van der Waals surface area contributed by atoms with E-state index in [-0.39, 0.29) is 5.97 Å². The maximum Gasteiger partial charge on any atom is 0.305 e. The molecule has 39 heavy (non-hydrogen) atoms. The first-order valence-corrected chi connectivity index (χ1v) is 17.9. The van der Waals surface area contributed by atoms with Gasteiger partial charge in [-0.05, 0) is 45.8 Å². The highest BCUT2D eigenvalue weighted by atomic mass is 16.5. The van der Waals surface area contributed by atoms with Gasteiger partial charge < -0.3 is 9.64 Å². The second kappa shape index (κ2) is 32.0. The number of hydrogen-bond acceptors (Lipinski definition) is 3. The lowest BCUT2D eigenvalue weighted by Crippen LogP contribution is -2.14. The van der Waals surface area contributed by atoms with Crippen LogP contribution in [0.1, 0.15) is 194 Å². The Balaban J connectivity index is 3.88. The van der Waals surface area contributed by atoms with E-state index in [0.29, 0.717) is 13.0 Å². The Bertz CT molecular complexity index is 459.